The van der Waals surface area contributed by atoms with Crippen molar-refractivity contribution in [1.29, 1.82) is 0 Å². The van der Waals surface area contributed by atoms with Gasteiger partial charge in [-0.1, -0.05) is 24.3 Å². The highest BCUT2D eigenvalue weighted by atomic mass is 19.3. The SMILES string of the molecule is O=C(O)C(c1ccc(Cn2ncnn2)cc1)C1CCC(F)(F)C1. The third kappa shape index (κ3) is 3.52. The number of nitrogens with zero attached hydrogens (tertiary/aromatic N) is 4. The summed E-state index contributed by atoms with van der Waals surface area (Å²) in [6, 6.07) is 6.90. The average Bonchev–Trinajstić information content (AvgIpc) is 3.10. The van der Waals surface area contributed by atoms with Gasteiger partial charge in [0.2, 0.25) is 5.92 Å². The van der Waals surface area contributed by atoms with Crippen LogP contribution in [0.1, 0.15) is 36.3 Å². The maximum atomic E-state index is 13.4. The van der Waals surface area contributed by atoms with Crippen molar-refractivity contribution < 1.29 is 18.7 Å². The number of carbonyl (C=O) groups is 1. The molecule has 2 atom stereocenters. The molecule has 0 bridgehead atoms. The molecule has 0 saturated heterocycles. The Morgan fingerprint density at radius 3 is 2.65 bits per heavy atom. The summed E-state index contributed by atoms with van der Waals surface area (Å²) in [7, 11) is 0. The summed E-state index contributed by atoms with van der Waals surface area (Å²) >= 11 is 0. The number of alkyl halides is 2. The fourth-order valence-electron chi connectivity index (χ4n) is 3.14. The topological polar surface area (TPSA) is 80.9 Å². The van der Waals surface area contributed by atoms with E-state index in [-0.39, 0.29) is 19.3 Å². The van der Waals surface area contributed by atoms with Crippen LogP contribution in [-0.2, 0) is 11.3 Å². The maximum Gasteiger partial charge on any atom is 0.311 e. The van der Waals surface area contributed by atoms with Crippen molar-refractivity contribution in [3.05, 3.63) is 41.7 Å². The summed E-state index contributed by atoms with van der Waals surface area (Å²) in [6.07, 6.45) is 0.954. The van der Waals surface area contributed by atoms with E-state index in [0.29, 0.717) is 12.1 Å². The molecule has 8 heteroatoms. The van der Waals surface area contributed by atoms with Gasteiger partial charge in [0.05, 0.1) is 12.5 Å². The highest BCUT2D eigenvalue weighted by Crippen LogP contribution is 2.45. The first kappa shape index (κ1) is 15.5. The molecular formula is C15H16F2N4O2. The van der Waals surface area contributed by atoms with Gasteiger partial charge < -0.3 is 5.11 Å². The minimum Gasteiger partial charge on any atom is -0.481 e. The first-order valence-corrected chi connectivity index (χ1v) is 7.35. The Morgan fingerprint density at radius 2 is 2.13 bits per heavy atom. The van der Waals surface area contributed by atoms with Gasteiger partial charge in [-0.3, -0.25) is 4.79 Å². The maximum absolute atomic E-state index is 13.4. The van der Waals surface area contributed by atoms with Crippen LogP contribution in [0.2, 0.25) is 0 Å². The van der Waals surface area contributed by atoms with Crippen LogP contribution in [0, 0.1) is 5.92 Å². The van der Waals surface area contributed by atoms with Crippen LogP contribution in [0.5, 0.6) is 0 Å². The van der Waals surface area contributed by atoms with E-state index >= 15 is 0 Å². The predicted octanol–water partition coefficient (Wildman–Crippen LogP) is 2.33. The fourth-order valence-corrected chi connectivity index (χ4v) is 3.14. The number of aromatic nitrogens is 4. The van der Waals surface area contributed by atoms with Crippen molar-refractivity contribution in [2.45, 2.75) is 37.6 Å². The predicted molar refractivity (Wildman–Crippen MR) is 76.0 cm³/mol. The second-order valence-corrected chi connectivity index (χ2v) is 5.88. The first-order valence-electron chi connectivity index (χ1n) is 7.35. The van der Waals surface area contributed by atoms with E-state index in [4.69, 9.17) is 0 Å². The molecule has 0 amide bonds. The Balaban J connectivity index is 1.76. The molecule has 1 fully saturated rings. The molecule has 23 heavy (non-hydrogen) atoms. The lowest BCUT2D eigenvalue weighted by Gasteiger charge is -2.20. The summed E-state index contributed by atoms with van der Waals surface area (Å²) in [5.41, 5.74) is 1.43. The Bertz CT molecular complexity index is 673. The number of carboxylic acid groups (broad SMARTS) is 1. The molecule has 0 aliphatic heterocycles. The molecule has 1 N–H and O–H groups in total. The van der Waals surface area contributed by atoms with Gasteiger partial charge in [-0.2, -0.15) is 4.80 Å². The lowest BCUT2D eigenvalue weighted by atomic mass is 9.84. The van der Waals surface area contributed by atoms with Crippen LogP contribution in [0.15, 0.2) is 30.6 Å². The van der Waals surface area contributed by atoms with Gasteiger partial charge >= 0.3 is 5.97 Å². The molecule has 1 aliphatic carbocycles. The number of tetrazole rings is 1. The van der Waals surface area contributed by atoms with Crippen molar-refractivity contribution in [3.63, 3.8) is 0 Å². The molecule has 1 saturated carbocycles. The zero-order valence-corrected chi connectivity index (χ0v) is 12.3. The third-order valence-electron chi connectivity index (χ3n) is 4.23. The van der Waals surface area contributed by atoms with Gasteiger partial charge in [-0.25, -0.2) is 8.78 Å². The van der Waals surface area contributed by atoms with Crippen molar-refractivity contribution in [3.8, 4) is 0 Å². The molecular weight excluding hydrogens is 306 g/mol. The Kier molecular flexibility index (Phi) is 4.06. The summed E-state index contributed by atoms with van der Waals surface area (Å²) in [5.74, 6) is -5.25. The zero-order chi connectivity index (χ0) is 16.4. The Labute approximate surface area is 131 Å². The van der Waals surface area contributed by atoms with Crippen molar-refractivity contribution in [1.82, 2.24) is 20.2 Å². The molecule has 122 valence electrons. The Morgan fingerprint density at radius 1 is 1.39 bits per heavy atom. The van der Waals surface area contributed by atoms with Crippen molar-refractivity contribution >= 4 is 5.97 Å². The summed E-state index contributed by atoms with van der Waals surface area (Å²) in [4.78, 5) is 13.0. The highest BCUT2D eigenvalue weighted by molar-refractivity contribution is 5.76. The standard InChI is InChI=1S/C15H16F2N4O2/c16-15(17)6-5-12(7-15)13(14(22)23)11-3-1-10(2-4-11)8-21-19-9-18-20-21/h1-4,9,12-13H,5-8H2,(H,22,23). The number of benzene rings is 1. The number of halogens is 2. The smallest absolute Gasteiger partial charge is 0.311 e. The summed E-state index contributed by atoms with van der Waals surface area (Å²) in [5, 5.41) is 20.7. The van der Waals surface area contributed by atoms with Gasteiger partial charge in [-0.05, 0) is 28.7 Å². The Hall–Kier alpha value is -2.38. The van der Waals surface area contributed by atoms with Crippen LogP contribution in [0.4, 0.5) is 8.78 Å². The van der Waals surface area contributed by atoms with Crippen LogP contribution in [0.25, 0.3) is 0 Å². The molecule has 0 spiro atoms. The van der Waals surface area contributed by atoms with Crippen LogP contribution in [-0.4, -0.2) is 37.2 Å². The molecule has 1 aliphatic rings. The van der Waals surface area contributed by atoms with E-state index in [0.717, 1.165) is 5.56 Å². The van der Waals surface area contributed by atoms with E-state index in [1.54, 1.807) is 24.3 Å². The molecule has 1 heterocycles. The minimum absolute atomic E-state index is 0.231. The zero-order valence-electron chi connectivity index (χ0n) is 12.3. The molecule has 2 aromatic rings. The normalized spacial score (nSPS) is 21.2. The second kappa shape index (κ2) is 6.02. The van der Waals surface area contributed by atoms with E-state index in [1.165, 1.54) is 11.1 Å². The molecule has 3 rings (SSSR count). The fraction of sp³-hybridized carbons (Fsp3) is 0.467. The van der Waals surface area contributed by atoms with E-state index in [2.05, 4.69) is 15.4 Å². The van der Waals surface area contributed by atoms with Crippen LogP contribution >= 0.6 is 0 Å². The first-order chi connectivity index (χ1) is 10.9. The lowest BCUT2D eigenvalue weighted by molar-refractivity contribution is -0.140. The average molecular weight is 322 g/mol. The highest BCUT2D eigenvalue weighted by Gasteiger charge is 2.45. The quantitative estimate of drug-likeness (QED) is 0.913. The number of rotatable bonds is 5. The summed E-state index contributed by atoms with van der Waals surface area (Å²) < 4.78 is 26.8. The van der Waals surface area contributed by atoms with Gasteiger partial charge in [0, 0.05) is 12.8 Å². The number of aliphatic carboxylic acids is 1. The van der Waals surface area contributed by atoms with Crippen molar-refractivity contribution in [2.75, 3.05) is 0 Å². The number of carboxylic acids is 1. The third-order valence-corrected chi connectivity index (χ3v) is 4.23. The van der Waals surface area contributed by atoms with E-state index in [9.17, 15) is 18.7 Å². The number of hydrogen-bond acceptors (Lipinski definition) is 4. The summed E-state index contributed by atoms with van der Waals surface area (Å²) in [6.45, 7) is 0.416. The van der Waals surface area contributed by atoms with Gasteiger partial charge in [-0.15, -0.1) is 10.2 Å². The number of hydrogen-bond donors (Lipinski definition) is 1. The molecule has 0 radical (unpaired) electrons. The van der Waals surface area contributed by atoms with E-state index in [1.807, 2.05) is 0 Å². The molecule has 1 aromatic heterocycles. The minimum atomic E-state index is -2.75. The van der Waals surface area contributed by atoms with E-state index < -0.39 is 23.7 Å². The molecule has 6 nitrogen and oxygen atoms in total. The molecule has 2 unspecified atom stereocenters. The van der Waals surface area contributed by atoms with Gasteiger partial charge in [0.25, 0.3) is 0 Å². The van der Waals surface area contributed by atoms with Gasteiger partial charge in [0.15, 0.2) is 6.33 Å². The van der Waals surface area contributed by atoms with Gasteiger partial charge in [0.1, 0.15) is 0 Å². The van der Waals surface area contributed by atoms with Crippen LogP contribution < -0.4 is 0 Å². The monoisotopic (exact) mass is 322 g/mol. The molecule has 1 aromatic carbocycles. The largest absolute Gasteiger partial charge is 0.481 e. The van der Waals surface area contributed by atoms with Crippen molar-refractivity contribution in [2.24, 2.45) is 5.92 Å². The second-order valence-electron chi connectivity index (χ2n) is 5.88. The van der Waals surface area contributed by atoms with Crippen LogP contribution in [0.3, 0.4) is 0 Å². The lowest BCUT2D eigenvalue weighted by Crippen LogP contribution is -2.21.